The first-order valence-corrected chi connectivity index (χ1v) is 1.56. The maximum atomic E-state index is 11.0. The van der Waals surface area contributed by atoms with Crippen molar-refractivity contribution in [1.82, 2.24) is 0 Å². The number of ketones is 1. The lowest BCUT2D eigenvalue weighted by molar-refractivity contribution is -0.164. The molecule has 44 valence electrons. The zero-order chi connectivity index (χ0) is 6.78. The van der Waals surface area contributed by atoms with Crippen LogP contribution in [0.4, 0.5) is 13.2 Å². The van der Waals surface area contributed by atoms with Crippen LogP contribution in [-0.4, -0.2) is 12.0 Å². The molecule has 0 aromatic carbocycles. The van der Waals surface area contributed by atoms with Gasteiger partial charge in [0.2, 0.25) is 0 Å². The van der Waals surface area contributed by atoms with Crippen LogP contribution in [0.15, 0.2) is 0 Å². The Balaban J connectivity index is 4.09. The molecule has 0 bridgehead atoms. The fraction of sp³-hybridized carbons (Fsp3) is 0.250. The normalized spacial score (nSPS) is 10.2. The second kappa shape index (κ2) is 1.86. The minimum atomic E-state index is -4.87. The zero-order valence-corrected chi connectivity index (χ0v) is 3.62. The fourth-order valence-electron chi connectivity index (χ4n) is 0.0818. The smallest absolute Gasteiger partial charge is 0.275 e. The lowest BCUT2D eigenvalue weighted by atomic mass is 10.4. The lowest BCUT2D eigenvalue weighted by Crippen LogP contribution is -2.19. The first kappa shape index (κ1) is 7.02. The van der Waals surface area contributed by atoms with Crippen molar-refractivity contribution < 1.29 is 18.0 Å². The standard InChI is InChI=1S/C4HF3O/c1-2-3(8)4(5,6)7/h1H. The molecule has 4 heteroatoms. The molecule has 8 heavy (non-hydrogen) atoms. The fourth-order valence-corrected chi connectivity index (χ4v) is 0.0818. The van der Waals surface area contributed by atoms with E-state index >= 15 is 0 Å². The number of hydrogen-bond acceptors (Lipinski definition) is 1. The monoisotopic (exact) mass is 122 g/mol. The van der Waals surface area contributed by atoms with Crippen LogP contribution in [0.5, 0.6) is 0 Å². The molecule has 0 fully saturated rings. The summed E-state index contributed by atoms with van der Waals surface area (Å²) in [6.07, 6.45) is -0.728. The molecule has 0 spiro atoms. The molecule has 0 atom stereocenters. The van der Waals surface area contributed by atoms with Gasteiger partial charge in [0.25, 0.3) is 0 Å². The summed E-state index contributed by atoms with van der Waals surface area (Å²) in [5.41, 5.74) is 0. The highest BCUT2D eigenvalue weighted by molar-refractivity contribution is 5.99. The summed E-state index contributed by atoms with van der Waals surface area (Å²) in [4.78, 5) is 9.47. The molecule has 1 nitrogen and oxygen atoms in total. The summed E-state index contributed by atoms with van der Waals surface area (Å²) in [6.45, 7) is 0. The quantitative estimate of drug-likeness (QED) is 0.342. The van der Waals surface area contributed by atoms with Crippen molar-refractivity contribution in [2.45, 2.75) is 6.18 Å². The van der Waals surface area contributed by atoms with Crippen LogP contribution in [0.2, 0.25) is 0 Å². The Kier molecular flexibility index (Phi) is 1.64. The summed E-state index contributed by atoms with van der Waals surface area (Å²) in [5.74, 6) is -1.20. The van der Waals surface area contributed by atoms with Gasteiger partial charge in [0.15, 0.2) is 0 Å². The van der Waals surface area contributed by atoms with Gasteiger partial charge < -0.3 is 0 Å². The van der Waals surface area contributed by atoms with Crippen molar-refractivity contribution in [3.63, 3.8) is 0 Å². The highest BCUT2D eigenvalue weighted by Gasteiger charge is 2.36. The number of alkyl halides is 3. The minimum absolute atomic E-state index is 0.941. The van der Waals surface area contributed by atoms with Crippen LogP contribution in [0, 0.1) is 12.3 Å². The van der Waals surface area contributed by atoms with Crippen LogP contribution < -0.4 is 0 Å². The van der Waals surface area contributed by atoms with Gasteiger partial charge in [0.05, 0.1) is 0 Å². The number of rotatable bonds is 0. The number of Topliss-reactive ketones (excluding diaryl/α,β-unsaturated/α-hetero) is 1. The summed E-state index contributed by atoms with van der Waals surface area (Å²) in [6, 6.07) is 0. The Hall–Kier alpha value is -0.980. The maximum absolute atomic E-state index is 11.0. The zero-order valence-electron chi connectivity index (χ0n) is 3.62. The number of carbonyl (C=O) groups is 1. The Bertz CT molecular complexity index is 138. The molecule has 0 aromatic heterocycles. The van der Waals surface area contributed by atoms with E-state index < -0.39 is 12.0 Å². The van der Waals surface area contributed by atoms with Crippen LogP contribution in [0.3, 0.4) is 0 Å². The van der Waals surface area contributed by atoms with Crippen LogP contribution >= 0.6 is 0 Å². The maximum Gasteiger partial charge on any atom is 0.462 e. The molecule has 0 aliphatic rings. The third kappa shape index (κ3) is 1.65. The van der Waals surface area contributed by atoms with Crippen molar-refractivity contribution in [2.75, 3.05) is 0 Å². The topological polar surface area (TPSA) is 17.1 Å². The highest BCUT2D eigenvalue weighted by Crippen LogP contribution is 2.14. The van der Waals surface area contributed by atoms with E-state index in [1.54, 1.807) is 0 Å². The van der Waals surface area contributed by atoms with Crippen LogP contribution in [0.1, 0.15) is 0 Å². The van der Waals surface area contributed by atoms with E-state index in [1.807, 2.05) is 0 Å². The third-order valence-corrected chi connectivity index (χ3v) is 0.389. The molecule has 0 saturated carbocycles. The van der Waals surface area contributed by atoms with E-state index in [2.05, 4.69) is 6.42 Å². The van der Waals surface area contributed by atoms with Gasteiger partial charge in [-0.3, -0.25) is 4.79 Å². The van der Waals surface area contributed by atoms with Crippen molar-refractivity contribution in [3.8, 4) is 12.3 Å². The van der Waals surface area contributed by atoms with Gasteiger partial charge in [-0.05, 0) is 5.92 Å². The van der Waals surface area contributed by atoms with Gasteiger partial charge in [-0.25, -0.2) is 0 Å². The molecule has 0 aliphatic heterocycles. The second-order valence-electron chi connectivity index (χ2n) is 0.971. The SMILES string of the molecule is C#CC(=O)C(F)(F)F. The Morgan fingerprint density at radius 1 is 1.50 bits per heavy atom. The molecule has 0 N–H and O–H groups in total. The van der Waals surface area contributed by atoms with Gasteiger partial charge in [-0.2, -0.15) is 13.2 Å². The van der Waals surface area contributed by atoms with Crippen molar-refractivity contribution >= 4 is 5.78 Å². The predicted octanol–water partition coefficient (Wildman–Crippen LogP) is 0.751. The van der Waals surface area contributed by atoms with Gasteiger partial charge in [-0.1, -0.05) is 0 Å². The molecule has 0 rings (SSSR count). The second-order valence-corrected chi connectivity index (χ2v) is 0.971. The van der Waals surface area contributed by atoms with E-state index in [4.69, 9.17) is 0 Å². The van der Waals surface area contributed by atoms with Crippen LogP contribution in [-0.2, 0) is 4.79 Å². The average molecular weight is 122 g/mol. The van der Waals surface area contributed by atoms with Crippen molar-refractivity contribution in [2.24, 2.45) is 0 Å². The van der Waals surface area contributed by atoms with E-state index in [0.717, 1.165) is 5.92 Å². The first-order chi connectivity index (χ1) is 3.48. The summed E-state index contributed by atoms with van der Waals surface area (Å²) < 4.78 is 32.9. The van der Waals surface area contributed by atoms with Crippen LogP contribution in [0.25, 0.3) is 0 Å². The highest BCUT2D eigenvalue weighted by atomic mass is 19.4. The van der Waals surface area contributed by atoms with E-state index in [9.17, 15) is 18.0 Å². The van der Waals surface area contributed by atoms with Gasteiger partial charge in [-0.15, -0.1) is 6.42 Å². The molecule has 0 aromatic rings. The molecule has 0 unspecified atom stereocenters. The molecule has 0 heterocycles. The Morgan fingerprint density at radius 2 is 1.88 bits per heavy atom. The first-order valence-electron chi connectivity index (χ1n) is 1.56. The molecular formula is C4HF3O. The van der Waals surface area contributed by atoms with Gasteiger partial charge >= 0.3 is 12.0 Å². The Morgan fingerprint density at radius 3 is 1.88 bits per heavy atom. The molecule has 0 radical (unpaired) electrons. The molecule has 0 aliphatic carbocycles. The summed E-state index contributed by atoms with van der Waals surface area (Å²) >= 11 is 0. The van der Waals surface area contributed by atoms with Crippen molar-refractivity contribution in [3.05, 3.63) is 0 Å². The largest absolute Gasteiger partial charge is 0.462 e. The number of carbonyl (C=O) groups excluding carboxylic acids is 1. The lowest BCUT2D eigenvalue weighted by Gasteiger charge is -1.94. The molecule has 0 amide bonds. The van der Waals surface area contributed by atoms with Crippen molar-refractivity contribution in [1.29, 1.82) is 0 Å². The van der Waals surface area contributed by atoms with E-state index in [-0.39, 0.29) is 0 Å². The van der Waals surface area contributed by atoms with Gasteiger partial charge in [0, 0.05) is 0 Å². The summed E-state index contributed by atoms with van der Waals surface area (Å²) in [5, 5.41) is 0. The van der Waals surface area contributed by atoms with E-state index in [1.165, 1.54) is 0 Å². The predicted molar refractivity (Wildman–Crippen MR) is 19.9 cm³/mol. The van der Waals surface area contributed by atoms with Gasteiger partial charge in [0.1, 0.15) is 0 Å². The summed E-state index contributed by atoms with van der Waals surface area (Å²) in [7, 11) is 0. The number of hydrogen-bond donors (Lipinski definition) is 0. The van der Waals surface area contributed by atoms with E-state index in [0.29, 0.717) is 0 Å². The number of terminal acetylenes is 1. The minimum Gasteiger partial charge on any atom is -0.275 e. The number of halogens is 3. The molecule has 0 saturated heterocycles. The molecular weight excluding hydrogens is 121 g/mol. The Labute approximate surface area is 43.5 Å². The third-order valence-electron chi connectivity index (χ3n) is 0.389. The average Bonchev–Trinajstić information content (AvgIpc) is 1.62.